The molecule has 1 aliphatic heterocycles. The Balaban J connectivity index is 1.56. The molecule has 6 rings (SSSR count). The van der Waals surface area contributed by atoms with Crippen molar-refractivity contribution in [1.29, 1.82) is 0 Å². The molecule has 8 nitrogen and oxygen atoms in total. The number of benzene rings is 1. The maximum atomic E-state index is 15.4. The van der Waals surface area contributed by atoms with Gasteiger partial charge in [0.25, 0.3) is 5.91 Å². The van der Waals surface area contributed by atoms with Crippen molar-refractivity contribution in [3.05, 3.63) is 82.0 Å². The Hall–Kier alpha value is -3.89. The van der Waals surface area contributed by atoms with Crippen LogP contribution < -0.4 is 21.0 Å². The molecule has 0 atom stereocenters. The van der Waals surface area contributed by atoms with Crippen LogP contribution in [0.1, 0.15) is 22.5 Å². The molecule has 4 aromatic heterocycles. The standard InChI is InChI=1S/C26H23FN6O2S/c27-18-14-17-22(34)21(25(35)30-15-16-6-3-4-10-29-16)26-33(19-7-1-2-8-20(19)36-26)23(17)31-24(18)32-12-5-9-28-11-13-32/h1-4,6-8,10,14,28H,5,9,11-13,15H2,(H,30,35). The highest BCUT2D eigenvalue weighted by molar-refractivity contribution is 7.24. The first-order valence-electron chi connectivity index (χ1n) is 11.8. The second kappa shape index (κ2) is 9.29. The molecule has 1 aromatic carbocycles. The predicted molar refractivity (Wildman–Crippen MR) is 139 cm³/mol. The molecule has 1 saturated heterocycles. The van der Waals surface area contributed by atoms with Gasteiger partial charge >= 0.3 is 0 Å². The predicted octanol–water partition coefficient (Wildman–Crippen LogP) is 3.33. The fourth-order valence-corrected chi connectivity index (χ4v) is 5.82. The molecule has 2 N–H and O–H groups in total. The molecule has 0 bridgehead atoms. The summed E-state index contributed by atoms with van der Waals surface area (Å²) in [5.74, 6) is -0.873. The first-order chi connectivity index (χ1) is 17.6. The van der Waals surface area contributed by atoms with E-state index in [0.29, 0.717) is 29.3 Å². The number of carbonyl (C=O) groups excluding carboxylic acids is 1. The van der Waals surface area contributed by atoms with Crippen LogP contribution in [-0.2, 0) is 6.54 Å². The summed E-state index contributed by atoms with van der Waals surface area (Å²) >= 11 is 1.35. The molecule has 0 unspecified atom stereocenters. The number of hydrogen-bond acceptors (Lipinski definition) is 7. The molecule has 0 radical (unpaired) electrons. The van der Waals surface area contributed by atoms with Crippen molar-refractivity contribution in [1.82, 2.24) is 25.0 Å². The second-order valence-electron chi connectivity index (χ2n) is 8.67. The van der Waals surface area contributed by atoms with E-state index in [1.54, 1.807) is 18.3 Å². The number of para-hydroxylation sites is 1. The van der Waals surface area contributed by atoms with Gasteiger partial charge < -0.3 is 15.5 Å². The maximum absolute atomic E-state index is 15.4. The number of carbonyl (C=O) groups is 1. The average molecular weight is 503 g/mol. The summed E-state index contributed by atoms with van der Waals surface area (Å²) in [5, 5.41) is 6.19. The number of nitrogens with one attached hydrogen (secondary N) is 2. The number of fused-ring (bicyclic) bond motifs is 5. The first kappa shape index (κ1) is 22.6. The summed E-state index contributed by atoms with van der Waals surface area (Å²) in [7, 11) is 0. The maximum Gasteiger partial charge on any atom is 0.258 e. The fourth-order valence-electron chi connectivity index (χ4n) is 4.64. The molecular formula is C26H23FN6O2S. The van der Waals surface area contributed by atoms with Gasteiger partial charge in [-0.3, -0.25) is 19.0 Å². The molecule has 0 aliphatic carbocycles. The van der Waals surface area contributed by atoms with Crippen molar-refractivity contribution in [2.75, 3.05) is 31.1 Å². The Kier molecular flexibility index (Phi) is 5.82. The van der Waals surface area contributed by atoms with Crippen molar-refractivity contribution in [3.8, 4) is 0 Å². The zero-order valence-electron chi connectivity index (χ0n) is 19.3. The Bertz CT molecular complexity index is 1660. The van der Waals surface area contributed by atoms with Crippen LogP contribution in [0.2, 0.25) is 0 Å². The fraction of sp³-hybridized carbons (Fsp3) is 0.231. The lowest BCUT2D eigenvalue weighted by molar-refractivity contribution is 0.0951. The normalized spacial score (nSPS) is 14.4. The molecule has 1 aliphatic rings. The monoisotopic (exact) mass is 502 g/mol. The van der Waals surface area contributed by atoms with E-state index in [9.17, 15) is 9.59 Å². The van der Waals surface area contributed by atoms with Gasteiger partial charge in [-0.25, -0.2) is 9.37 Å². The van der Waals surface area contributed by atoms with Crippen molar-refractivity contribution in [2.24, 2.45) is 0 Å². The molecule has 10 heteroatoms. The quantitative estimate of drug-likeness (QED) is 0.392. The van der Waals surface area contributed by atoms with E-state index in [2.05, 4.69) is 15.6 Å². The van der Waals surface area contributed by atoms with E-state index < -0.39 is 17.2 Å². The third-order valence-electron chi connectivity index (χ3n) is 6.37. The Morgan fingerprint density at radius 2 is 2.00 bits per heavy atom. The average Bonchev–Trinajstić information content (AvgIpc) is 3.07. The first-order valence-corrected chi connectivity index (χ1v) is 12.6. The number of rotatable bonds is 4. The SMILES string of the molecule is O=C(NCc1ccccn1)c1c(=O)c2cc(F)c(N3CCCNCC3)nc2n2c1sc1ccccc12. The lowest BCUT2D eigenvalue weighted by Gasteiger charge is -2.22. The van der Waals surface area contributed by atoms with Gasteiger partial charge in [0.1, 0.15) is 10.4 Å². The third kappa shape index (κ3) is 3.88. The van der Waals surface area contributed by atoms with E-state index in [0.717, 1.165) is 29.7 Å². The van der Waals surface area contributed by atoms with Gasteiger partial charge in [-0.1, -0.05) is 18.2 Å². The van der Waals surface area contributed by atoms with Crippen LogP contribution in [0.25, 0.3) is 26.1 Å². The Labute approximate surface area is 209 Å². The van der Waals surface area contributed by atoms with Crippen molar-refractivity contribution in [3.63, 3.8) is 0 Å². The van der Waals surface area contributed by atoms with Crippen molar-refractivity contribution >= 4 is 49.1 Å². The number of pyridine rings is 3. The lowest BCUT2D eigenvalue weighted by Crippen LogP contribution is -2.31. The Morgan fingerprint density at radius 3 is 2.86 bits per heavy atom. The van der Waals surface area contributed by atoms with E-state index >= 15 is 4.39 Å². The van der Waals surface area contributed by atoms with Gasteiger partial charge in [-0.05, 0) is 43.3 Å². The van der Waals surface area contributed by atoms with Crippen LogP contribution >= 0.6 is 11.3 Å². The summed E-state index contributed by atoms with van der Waals surface area (Å²) < 4.78 is 18.1. The summed E-state index contributed by atoms with van der Waals surface area (Å²) in [5.41, 5.74) is 1.27. The molecule has 182 valence electrons. The van der Waals surface area contributed by atoms with Gasteiger partial charge in [-0.2, -0.15) is 0 Å². The molecule has 1 fully saturated rings. The summed E-state index contributed by atoms with van der Waals surface area (Å²) in [6.45, 7) is 3.04. The highest BCUT2D eigenvalue weighted by Gasteiger charge is 2.25. The molecule has 1 amide bonds. The van der Waals surface area contributed by atoms with Crippen molar-refractivity contribution < 1.29 is 9.18 Å². The van der Waals surface area contributed by atoms with E-state index in [1.807, 2.05) is 39.6 Å². The summed E-state index contributed by atoms with van der Waals surface area (Å²) in [6, 6.07) is 14.3. The van der Waals surface area contributed by atoms with Crippen LogP contribution in [0.3, 0.4) is 0 Å². The van der Waals surface area contributed by atoms with Gasteiger partial charge in [0.05, 0.1) is 27.8 Å². The van der Waals surface area contributed by atoms with Gasteiger partial charge in [0.15, 0.2) is 17.3 Å². The Morgan fingerprint density at radius 1 is 1.14 bits per heavy atom. The smallest absolute Gasteiger partial charge is 0.258 e. The van der Waals surface area contributed by atoms with E-state index in [4.69, 9.17) is 4.98 Å². The van der Waals surface area contributed by atoms with E-state index in [-0.39, 0.29) is 23.3 Å². The van der Waals surface area contributed by atoms with Crippen LogP contribution in [0.5, 0.6) is 0 Å². The minimum Gasteiger partial charge on any atom is -0.353 e. The number of thiazole rings is 1. The number of hydrogen-bond donors (Lipinski definition) is 2. The topological polar surface area (TPSA) is 91.6 Å². The molecule has 36 heavy (non-hydrogen) atoms. The highest BCUT2D eigenvalue weighted by Crippen LogP contribution is 2.32. The number of nitrogens with zero attached hydrogens (tertiary/aromatic N) is 4. The van der Waals surface area contributed by atoms with Crippen LogP contribution in [0, 0.1) is 5.82 Å². The molecule has 0 spiro atoms. The molecule has 5 aromatic rings. The number of aromatic nitrogens is 3. The molecule has 5 heterocycles. The minimum absolute atomic E-state index is 0.0208. The van der Waals surface area contributed by atoms with Crippen LogP contribution in [-0.4, -0.2) is 46.5 Å². The molecular weight excluding hydrogens is 479 g/mol. The minimum atomic E-state index is -0.569. The second-order valence-corrected chi connectivity index (χ2v) is 9.70. The third-order valence-corrected chi connectivity index (χ3v) is 7.52. The largest absolute Gasteiger partial charge is 0.353 e. The summed E-state index contributed by atoms with van der Waals surface area (Å²) in [4.78, 5) is 38.3. The lowest BCUT2D eigenvalue weighted by atomic mass is 10.1. The number of anilines is 1. The highest BCUT2D eigenvalue weighted by atomic mass is 32.1. The van der Waals surface area contributed by atoms with Crippen molar-refractivity contribution in [2.45, 2.75) is 13.0 Å². The zero-order chi connectivity index (χ0) is 24.6. The van der Waals surface area contributed by atoms with Crippen LogP contribution in [0.15, 0.2) is 59.5 Å². The number of amides is 1. The summed E-state index contributed by atoms with van der Waals surface area (Å²) in [6.07, 6.45) is 2.51. The van der Waals surface area contributed by atoms with Gasteiger partial charge in [-0.15, -0.1) is 11.3 Å². The number of halogens is 1. The zero-order valence-corrected chi connectivity index (χ0v) is 20.1. The van der Waals surface area contributed by atoms with Gasteiger partial charge in [0, 0.05) is 25.8 Å². The van der Waals surface area contributed by atoms with Crippen LogP contribution in [0.4, 0.5) is 10.2 Å². The molecule has 0 saturated carbocycles. The van der Waals surface area contributed by atoms with E-state index in [1.165, 1.54) is 17.4 Å². The van der Waals surface area contributed by atoms with Gasteiger partial charge in [0.2, 0.25) is 5.43 Å².